The number of aromatic amines is 1. The molecular formula is C14H10FN. The predicted molar refractivity (Wildman–Crippen MR) is 65.9 cm³/mol. The Labute approximate surface area is 92.2 Å². The number of H-pyrrole nitrogens is 1. The zero-order valence-electron chi connectivity index (χ0n) is 8.63. The van der Waals surface area contributed by atoms with Crippen molar-refractivity contribution in [3.05, 3.63) is 54.4 Å². The largest absolute Gasteiger partial charge is 0.354 e. The summed E-state index contributed by atoms with van der Waals surface area (Å²) < 4.78 is 13.6. The van der Waals surface area contributed by atoms with Crippen molar-refractivity contribution in [3.63, 3.8) is 0 Å². The minimum absolute atomic E-state index is 0.242. The van der Waals surface area contributed by atoms with E-state index in [0.717, 1.165) is 21.8 Å². The molecule has 0 radical (unpaired) electrons. The van der Waals surface area contributed by atoms with Gasteiger partial charge in [-0.1, -0.05) is 30.9 Å². The first-order valence-corrected chi connectivity index (χ1v) is 5.12. The molecule has 3 rings (SSSR count). The maximum atomic E-state index is 13.6. The third kappa shape index (κ3) is 1.10. The summed E-state index contributed by atoms with van der Waals surface area (Å²) in [4.78, 5) is 3.23. The van der Waals surface area contributed by atoms with Gasteiger partial charge >= 0.3 is 0 Å². The molecule has 0 atom stereocenters. The van der Waals surface area contributed by atoms with Crippen LogP contribution < -0.4 is 0 Å². The van der Waals surface area contributed by atoms with E-state index in [4.69, 9.17) is 0 Å². The van der Waals surface area contributed by atoms with Crippen LogP contribution in [0.3, 0.4) is 0 Å². The lowest BCUT2D eigenvalue weighted by atomic mass is 10.1. The molecule has 0 aliphatic rings. The summed E-state index contributed by atoms with van der Waals surface area (Å²) in [6, 6.07) is 11.2. The van der Waals surface area contributed by atoms with Gasteiger partial charge in [0.2, 0.25) is 0 Å². The van der Waals surface area contributed by atoms with Crippen molar-refractivity contribution in [2.45, 2.75) is 0 Å². The number of nitrogens with one attached hydrogen (secondary N) is 1. The Hall–Kier alpha value is -2.09. The van der Waals surface area contributed by atoms with E-state index in [0.29, 0.717) is 5.56 Å². The van der Waals surface area contributed by atoms with Crippen LogP contribution in [-0.2, 0) is 0 Å². The van der Waals surface area contributed by atoms with Gasteiger partial charge in [0.25, 0.3) is 0 Å². The molecule has 1 heterocycles. The number of fused-ring (bicyclic) bond motifs is 3. The van der Waals surface area contributed by atoms with E-state index in [9.17, 15) is 4.39 Å². The molecule has 2 aromatic carbocycles. The second kappa shape index (κ2) is 3.20. The van der Waals surface area contributed by atoms with E-state index in [1.807, 2.05) is 24.3 Å². The molecule has 1 nitrogen and oxygen atoms in total. The summed E-state index contributed by atoms with van der Waals surface area (Å²) in [6.45, 7) is 3.65. The maximum Gasteiger partial charge on any atom is 0.132 e. The molecule has 16 heavy (non-hydrogen) atoms. The van der Waals surface area contributed by atoms with E-state index in [1.54, 1.807) is 12.1 Å². The van der Waals surface area contributed by atoms with Gasteiger partial charge in [-0.15, -0.1) is 0 Å². The van der Waals surface area contributed by atoms with Crippen LogP contribution in [0.1, 0.15) is 5.56 Å². The fourth-order valence-electron chi connectivity index (χ4n) is 2.11. The average molecular weight is 211 g/mol. The van der Waals surface area contributed by atoms with Crippen molar-refractivity contribution in [1.82, 2.24) is 4.98 Å². The smallest absolute Gasteiger partial charge is 0.132 e. The molecule has 1 aromatic heterocycles. The van der Waals surface area contributed by atoms with E-state index in [2.05, 4.69) is 11.6 Å². The third-order valence-corrected chi connectivity index (χ3v) is 2.87. The number of halogens is 1. The van der Waals surface area contributed by atoms with Gasteiger partial charge < -0.3 is 4.98 Å². The molecule has 0 spiro atoms. The van der Waals surface area contributed by atoms with Gasteiger partial charge in [-0.2, -0.15) is 0 Å². The summed E-state index contributed by atoms with van der Waals surface area (Å²) in [5, 5.41) is 2.15. The monoisotopic (exact) mass is 211 g/mol. The van der Waals surface area contributed by atoms with E-state index < -0.39 is 0 Å². The van der Waals surface area contributed by atoms with Crippen LogP contribution in [0, 0.1) is 5.82 Å². The lowest BCUT2D eigenvalue weighted by Crippen LogP contribution is -1.82. The van der Waals surface area contributed by atoms with Crippen molar-refractivity contribution < 1.29 is 4.39 Å². The molecule has 3 aromatic rings. The molecule has 0 amide bonds. The predicted octanol–water partition coefficient (Wildman–Crippen LogP) is 4.10. The van der Waals surface area contributed by atoms with Gasteiger partial charge in [0.15, 0.2) is 0 Å². The molecule has 0 fully saturated rings. The van der Waals surface area contributed by atoms with Crippen LogP contribution in [0.4, 0.5) is 4.39 Å². The molecule has 2 heteroatoms. The Morgan fingerprint density at radius 3 is 2.69 bits per heavy atom. The summed E-state index contributed by atoms with van der Waals surface area (Å²) in [7, 11) is 0. The zero-order chi connectivity index (χ0) is 11.1. The van der Waals surface area contributed by atoms with Gasteiger partial charge in [0.05, 0.1) is 5.52 Å². The van der Waals surface area contributed by atoms with Gasteiger partial charge in [-0.05, 0) is 18.2 Å². The molecule has 0 unspecified atom stereocenters. The highest BCUT2D eigenvalue weighted by atomic mass is 19.1. The molecule has 0 aliphatic heterocycles. The van der Waals surface area contributed by atoms with Crippen LogP contribution in [0.2, 0.25) is 0 Å². The van der Waals surface area contributed by atoms with Gasteiger partial charge in [0, 0.05) is 21.9 Å². The molecule has 0 saturated carbocycles. The number of benzene rings is 2. The van der Waals surface area contributed by atoms with Gasteiger partial charge in [0.1, 0.15) is 5.82 Å². The first-order valence-electron chi connectivity index (χ1n) is 5.12. The molecule has 1 N–H and O–H groups in total. The molecule has 0 bridgehead atoms. The standard InChI is InChI=1S/C14H10FN/c1-2-9-12(15)8-7-11-10-5-3-4-6-13(10)16-14(9)11/h2-8,16H,1H2. The van der Waals surface area contributed by atoms with Crippen molar-refractivity contribution >= 4 is 27.9 Å². The fraction of sp³-hybridized carbons (Fsp3) is 0. The quantitative estimate of drug-likeness (QED) is 0.623. The second-order valence-corrected chi connectivity index (χ2v) is 3.76. The Morgan fingerprint density at radius 1 is 1.06 bits per heavy atom. The summed E-state index contributed by atoms with van der Waals surface area (Å²) >= 11 is 0. The fourth-order valence-corrected chi connectivity index (χ4v) is 2.11. The van der Waals surface area contributed by atoms with Crippen LogP contribution in [-0.4, -0.2) is 4.98 Å². The maximum absolute atomic E-state index is 13.6. The highest BCUT2D eigenvalue weighted by Gasteiger charge is 2.09. The van der Waals surface area contributed by atoms with E-state index in [-0.39, 0.29) is 5.82 Å². The summed E-state index contributed by atoms with van der Waals surface area (Å²) in [5.74, 6) is -0.242. The SMILES string of the molecule is C=Cc1c(F)ccc2c1[nH]c1ccccc12. The van der Waals surface area contributed by atoms with Crippen LogP contribution in [0.5, 0.6) is 0 Å². The Balaban J connectivity index is 2.58. The first-order chi connectivity index (χ1) is 7.81. The van der Waals surface area contributed by atoms with Gasteiger partial charge in [-0.3, -0.25) is 0 Å². The van der Waals surface area contributed by atoms with Crippen molar-refractivity contribution in [2.75, 3.05) is 0 Å². The Bertz CT molecular complexity index is 694. The van der Waals surface area contributed by atoms with Crippen molar-refractivity contribution in [3.8, 4) is 0 Å². The highest BCUT2D eigenvalue weighted by molar-refractivity contribution is 6.09. The third-order valence-electron chi connectivity index (χ3n) is 2.87. The normalized spacial score (nSPS) is 11.1. The summed E-state index contributed by atoms with van der Waals surface area (Å²) in [6.07, 6.45) is 1.55. The van der Waals surface area contributed by atoms with E-state index in [1.165, 1.54) is 6.07 Å². The van der Waals surface area contributed by atoms with Crippen molar-refractivity contribution in [1.29, 1.82) is 0 Å². The average Bonchev–Trinajstić information content (AvgIpc) is 2.67. The Morgan fingerprint density at radius 2 is 1.88 bits per heavy atom. The molecule has 0 aliphatic carbocycles. The highest BCUT2D eigenvalue weighted by Crippen LogP contribution is 2.29. The van der Waals surface area contributed by atoms with Crippen LogP contribution in [0.25, 0.3) is 27.9 Å². The number of hydrogen-bond acceptors (Lipinski definition) is 0. The lowest BCUT2D eigenvalue weighted by Gasteiger charge is -1.98. The number of rotatable bonds is 1. The van der Waals surface area contributed by atoms with Crippen LogP contribution in [0.15, 0.2) is 43.0 Å². The minimum Gasteiger partial charge on any atom is -0.354 e. The van der Waals surface area contributed by atoms with Crippen LogP contribution >= 0.6 is 0 Å². The lowest BCUT2D eigenvalue weighted by molar-refractivity contribution is 0.627. The number of aromatic nitrogens is 1. The zero-order valence-corrected chi connectivity index (χ0v) is 8.63. The summed E-state index contributed by atoms with van der Waals surface area (Å²) in [5.41, 5.74) is 2.37. The van der Waals surface area contributed by atoms with Gasteiger partial charge in [-0.25, -0.2) is 4.39 Å². The first kappa shape index (κ1) is 9.16. The van der Waals surface area contributed by atoms with E-state index >= 15 is 0 Å². The Kier molecular flexibility index (Phi) is 1.83. The van der Waals surface area contributed by atoms with Crippen molar-refractivity contribution in [2.24, 2.45) is 0 Å². The number of hydrogen-bond donors (Lipinski definition) is 1. The molecule has 78 valence electrons. The number of para-hydroxylation sites is 1. The molecule has 0 saturated heterocycles. The topological polar surface area (TPSA) is 15.8 Å². The molecular weight excluding hydrogens is 201 g/mol. The minimum atomic E-state index is -0.242. The second-order valence-electron chi connectivity index (χ2n) is 3.76.